The third-order valence-corrected chi connectivity index (χ3v) is 5.01. The minimum atomic E-state index is -0.344. The van der Waals surface area contributed by atoms with E-state index in [1.807, 2.05) is 35.2 Å². The largest absolute Gasteiger partial charge is 0.494 e. The quantitative estimate of drug-likeness (QED) is 0.693. The van der Waals surface area contributed by atoms with Crippen molar-refractivity contribution in [2.45, 2.75) is 19.4 Å². The molecule has 0 atom stereocenters. The van der Waals surface area contributed by atoms with E-state index in [1.54, 1.807) is 6.07 Å². The molecule has 2 aromatic carbocycles. The van der Waals surface area contributed by atoms with Crippen LogP contribution in [0.5, 0.6) is 5.75 Å². The van der Waals surface area contributed by atoms with E-state index in [4.69, 9.17) is 10.5 Å². The Morgan fingerprint density at radius 2 is 1.79 bits per heavy atom. The number of carbonyl (C=O) groups excluding carboxylic acids is 1. The Morgan fingerprint density at radius 1 is 1.10 bits per heavy atom. The number of piperazine rings is 1. The molecule has 3 rings (SSSR count). The second-order valence-electron chi connectivity index (χ2n) is 6.82. The smallest absolute Gasteiger partial charge is 0.222 e. The van der Waals surface area contributed by atoms with Gasteiger partial charge in [-0.2, -0.15) is 0 Å². The van der Waals surface area contributed by atoms with Gasteiger partial charge in [0.15, 0.2) is 11.6 Å². The van der Waals surface area contributed by atoms with Crippen molar-refractivity contribution in [3.05, 3.63) is 59.4 Å². The van der Waals surface area contributed by atoms with Crippen LogP contribution in [0.1, 0.15) is 17.5 Å². The maximum Gasteiger partial charge on any atom is 0.222 e. The minimum absolute atomic E-state index is 0. The number of nitrogens with zero attached hydrogens (tertiary/aromatic N) is 2. The molecule has 2 aromatic rings. The first-order valence-corrected chi connectivity index (χ1v) is 9.22. The van der Waals surface area contributed by atoms with Gasteiger partial charge in [-0.05, 0) is 35.7 Å². The zero-order valence-corrected chi connectivity index (χ0v) is 18.1. The first-order chi connectivity index (χ1) is 13.1. The van der Waals surface area contributed by atoms with Crippen molar-refractivity contribution >= 4 is 36.4 Å². The fraction of sp³-hybridized carbons (Fsp3) is 0.381. The second-order valence-corrected chi connectivity index (χ2v) is 6.82. The number of halogens is 3. The molecule has 1 aliphatic rings. The van der Waals surface area contributed by atoms with Crippen LogP contribution in [0, 0.1) is 5.82 Å². The third-order valence-electron chi connectivity index (χ3n) is 5.01. The van der Waals surface area contributed by atoms with Gasteiger partial charge < -0.3 is 15.4 Å². The fourth-order valence-electron chi connectivity index (χ4n) is 3.38. The van der Waals surface area contributed by atoms with Crippen molar-refractivity contribution in [2.24, 2.45) is 0 Å². The van der Waals surface area contributed by atoms with Crippen molar-refractivity contribution in [3.8, 4) is 5.75 Å². The van der Waals surface area contributed by atoms with Crippen LogP contribution < -0.4 is 10.5 Å². The number of benzene rings is 2. The number of methoxy groups -OCH3 is 1. The number of amides is 1. The first kappa shape index (κ1) is 25.0. The van der Waals surface area contributed by atoms with Crippen molar-refractivity contribution in [2.75, 3.05) is 39.0 Å². The van der Waals surface area contributed by atoms with Gasteiger partial charge in [0.2, 0.25) is 5.91 Å². The molecule has 0 aromatic heterocycles. The minimum Gasteiger partial charge on any atom is -0.494 e. The maximum absolute atomic E-state index is 13.8. The molecule has 2 N–H and O–H groups in total. The highest BCUT2D eigenvalue weighted by atomic mass is 35.5. The third kappa shape index (κ3) is 6.77. The molecule has 29 heavy (non-hydrogen) atoms. The Hall–Kier alpha value is -2.02. The lowest BCUT2D eigenvalue weighted by atomic mass is 10.1. The summed E-state index contributed by atoms with van der Waals surface area (Å²) in [5.74, 6) is 0.0746. The van der Waals surface area contributed by atoms with Crippen LogP contribution >= 0.6 is 24.8 Å². The van der Waals surface area contributed by atoms with E-state index in [2.05, 4.69) is 4.90 Å². The summed E-state index contributed by atoms with van der Waals surface area (Å²) in [5, 5.41) is 0. The molecule has 1 heterocycles. The van der Waals surface area contributed by atoms with E-state index in [0.29, 0.717) is 32.5 Å². The van der Waals surface area contributed by atoms with Gasteiger partial charge in [0.1, 0.15) is 0 Å². The Morgan fingerprint density at radius 3 is 2.41 bits per heavy atom. The molecule has 0 radical (unpaired) electrons. The Bertz CT molecular complexity index is 799. The molecule has 0 spiro atoms. The number of hydrogen-bond acceptors (Lipinski definition) is 4. The molecule has 1 aliphatic heterocycles. The summed E-state index contributed by atoms with van der Waals surface area (Å²) in [7, 11) is 1.46. The number of carbonyl (C=O) groups is 1. The lowest BCUT2D eigenvalue weighted by molar-refractivity contribution is -0.132. The van der Waals surface area contributed by atoms with Gasteiger partial charge in [0.25, 0.3) is 0 Å². The van der Waals surface area contributed by atoms with Crippen LogP contribution in [0.2, 0.25) is 0 Å². The van der Waals surface area contributed by atoms with Gasteiger partial charge in [-0.3, -0.25) is 9.69 Å². The van der Waals surface area contributed by atoms with E-state index in [1.165, 1.54) is 13.2 Å². The van der Waals surface area contributed by atoms with Gasteiger partial charge in [-0.1, -0.05) is 24.3 Å². The highest BCUT2D eigenvalue weighted by Gasteiger charge is 2.21. The highest BCUT2D eigenvalue weighted by molar-refractivity contribution is 5.85. The van der Waals surface area contributed by atoms with Gasteiger partial charge >= 0.3 is 0 Å². The van der Waals surface area contributed by atoms with E-state index < -0.39 is 0 Å². The summed E-state index contributed by atoms with van der Waals surface area (Å²) in [6.45, 7) is 3.63. The van der Waals surface area contributed by atoms with Gasteiger partial charge in [0.05, 0.1) is 7.11 Å². The van der Waals surface area contributed by atoms with E-state index in [9.17, 15) is 9.18 Å². The number of anilines is 1. The van der Waals surface area contributed by atoms with Crippen LogP contribution in [0.25, 0.3) is 0 Å². The zero-order valence-electron chi connectivity index (χ0n) is 16.5. The summed E-state index contributed by atoms with van der Waals surface area (Å²) in [6, 6.07) is 12.7. The molecule has 0 bridgehead atoms. The van der Waals surface area contributed by atoms with Gasteiger partial charge in [0, 0.05) is 44.8 Å². The Labute approximate surface area is 183 Å². The fourth-order valence-corrected chi connectivity index (χ4v) is 3.38. The van der Waals surface area contributed by atoms with Gasteiger partial charge in [-0.15, -0.1) is 24.8 Å². The number of nitrogen functional groups attached to an aromatic ring is 1. The molecule has 0 aliphatic carbocycles. The molecule has 8 heteroatoms. The lowest BCUT2D eigenvalue weighted by Crippen LogP contribution is -2.48. The average Bonchev–Trinajstić information content (AvgIpc) is 2.68. The van der Waals surface area contributed by atoms with Gasteiger partial charge in [-0.25, -0.2) is 4.39 Å². The van der Waals surface area contributed by atoms with Crippen LogP contribution in [-0.4, -0.2) is 49.0 Å². The number of nitrogens with two attached hydrogens (primary N) is 1. The molecule has 0 unspecified atom stereocenters. The standard InChI is InChI=1S/C21H26FN3O2.2ClH/c1-27-20-8-6-16(14-18(20)22)15-24-10-12-25(13-11-24)21(26)9-7-17-4-2-3-5-19(17)23;;/h2-6,8,14H,7,9-13,15,23H2,1H3;2*1H. The van der Waals surface area contributed by atoms with Crippen molar-refractivity contribution in [1.29, 1.82) is 0 Å². The summed E-state index contributed by atoms with van der Waals surface area (Å²) in [6.07, 6.45) is 1.13. The molecule has 160 valence electrons. The molecule has 0 saturated carbocycles. The van der Waals surface area contributed by atoms with Crippen LogP contribution in [0.3, 0.4) is 0 Å². The summed E-state index contributed by atoms with van der Waals surface area (Å²) < 4.78 is 18.8. The zero-order chi connectivity index (χ0) is 19.2. The first-order valence-electron chi connectivity index (χ1n) is 9.22. The molecular weight excluding hydrogens is 416 g/mol. The molecular formula is C21H28Cl2FN3O2. The maximum atomic E-state index is 13.8. The number of para-hydroxylation sites is 1. The molecule has 1 saturated heterocycles. The summed E-state index contributed by atoms with van der Waals surface area (Å²) >= 11 is 0. The molecule has 5 nitrogen and oxygen atoms in total. The number of rotatable bonds is 6. The predicted octanol–water partition coefficient (Wildman–Crippen LogP) is 3.54. The Balaban J connectivity index is 0.00000210. The normalized spacial score (nSPS) is 13.9. The molecule has 1 fully saturated rings. The predicted molar refractivity (Wildman–Crippen MR) is 118 cm³/mol. The topological polar surface area (TPSA) is 58.8 Å². The Kier molecular flexibility index (Phi) is 10.2. The van der Waals surface area contributed by atoms with Crippen LogP contribution in [0.4, 0.5) is 10.1 Å². The number of hydrogen-bond donors (Lipinski definition) is 1. The monoisotopic (exact) mass is 443 g/mol. The second kappa shape index (κ2) is 11.9. The van der Waals surface area contributed by atoms with E-state index in [-0.39, 0.29) is 42.3 Å². The number of aryl methyl sites for hydroxylation is 1. The van der Waals surface area contributed by atoms with Crippen molar-refractivity contribution < 1.29 is 13.9 Å². The van der Waals surface area contributed by atoms with E-state index >= 15 is 0 Å². The van der Waals surface area contributed by atoms with Crippen LogP contribution in [0.15, 0.2) is 42.5 Å². The summed E-state index contributed by atoms with van der Waals surface area (Å²) in [5.41, 5.74) is 8.61. The molecule has 1 amide bonds. The van der Waals surface area contributed by atoms with E-state index in [0.717, 1.165) is 29.9 Å². The lowest BCUT2D eigenvalue weighted by Gasteiger charge is -2.35. The number of ether oxygens (including phenoxy) is 1. The SMILES string of the molecule is COc1ccc(CN2CCN(C(=O)CCc3ccccc3N)CC2)cc1F.Cl.Cl. The highest BCUT2D eigenvalue weighted by Crippen LogP contribution is 2.19. The van der Waals surface area contributed by atoms with Crippen LogP contribution in [-0.2, 0) is 17.8 Å². The van der Waals surface area contributed by atoms with Crippen molar-refractivity contribution in [3.63, 3.8) is 0 Å². The summed E-state index contributed by atoms with van der Waals surface area (Å²) in [4.78, 5) is 16.6. The average molecular weight is 444 g/mol. The van der Waals surface area contributed by atoms with Crippen molar-refractivity contribution in [1.82, 2.24) is 9.80 Å².